The van der Waals surface area contributed by atoms with Crippen molar-refractivity contribution in [2.24, 2.45) is 0 Å². The molecule has 2 heterocycles. The van der Waals surface area contributed by atoms with Crippen molar-refractivity contribution in [3.63, 3.8) is 0 Å². The molecule has 32 heavy (non-hydrogen) atoms. The van der Waals surface area contributed by atoms with Crippen LogP contribution in [0.25, 0.3) is 11.4 Å². The molecule has 0 aliphatic heterocycles. The van der Waals surface area contributed by atoms with E-state index in [9.17, 15) is 19.7 Å². The van der Waals surface area contributed by atoms with Gasteiger partial charge in [0.2, 0.25) is 11.1 Å². The van der Waals surface area contributed by atoms with Crippen molar-refractivity contribution in [2.45, 2.75) is 31.5 Å². The van der Waals surface area contributed by atoms with Gasteiger partial charge in [0.1, 0.15) is 5.60 Å². The van der Waals surface area contributed by atoms with E-state index in [1.165, 1.54) is 28.8 Å². The number of ether oxygens (including phenoxy) is 1. The van der Waals surface area contributed by atoms with Gasteiger partial charge in [-0.15, -0.1) is 10.2 Å². The third-order valence-electron chi connectivity index (χ3n) is 3.84. The van der Waals surface area contributed by atoms with Gasteiger partial charge in [0.05, 0.1) is 10.7 Å². The van der Waals surface area contributed by atoms with Gasteiger partial charge in [-0.1, -0.05) is 11.8 Å². The van der Waals surface area contributed by atoms with E-state index < -0.39 is 16.6 Å². The monoisotopic (exact) mass is 456 g/mol. The first-order valence-electron chi connectivity index (χ1n) is 9.40. The summed E-state index contributed by atoms with van der Waals surface area (Å²) in [5, 5.41) is 21.7. The Kier molecular flexibility index (Phi) is 6.83. The fourth-order valence-corrected chi connectivity index (χ4v) is 3.24. The number of nitrogens with zero attached hydrogens (tertiary/aromatic N) is 5. The summed E-state index contributed by atoms with van der Waals surface area (Å²) in [7, 11) is 0. The number of anilines is 1. The molecule has 1 aromatic carbocycles. The molecule has 12 heteroatoms. The SMILES string of the molecule is CC(C)(C)OC(=O)n1c(SCC(=O)Nc2ccc([N+](=O)[O-])cc2)nnc1-c1ccncc1. The predicted molar refractivity (Wildman–Crippen MR) is 117 cm³/mol. The van der Waals surface area contributed by atoms with E-state index >= 15 is 0 Å². The number of rotatable bonds is 6. The van der Waals surface area contributed by atoms with E-state index in [2.05, 4.69) is 20.5 Å². The lowest BCUT2D eigenvalue weighted by Crippen LogP contribution is -2.28. The van der Waals surface area contributed by atoms with Crippen molar-refractivity contribution < 1.29 is 19.2 Å². The topological polar surface area (TPSA) is 142 Å². The number of non-ortho nitro benzene ring substituents is 1. The highest BCUT2D eigenvalue weighted by atomic mass is 32.2. The molecule has 0 saturated carbocycles. The third kappa shape index (κ3) is 5.88. The number of hydrogen-bond donors (Lipinski definition) is 1. The van der Waals surface area contributed by atoms with E-state index in [0.717, 1.165) is 11.8 Å². The van der Waals surface area contributed by atoms with E-state index in [0.29, 0.717) is 11.3 Å². The highest BCUT2D eigenvalue weighted by molar-refractivity contribution is 7.99. The molecule has 11 nitrogen and oxygen atoms in total. The minimum atomic E-state index is -0.744. The zero-order valence-electron chi connectivity index (χ0n) is 17.5. The fraction of sp³-hybridized carbons (Fsp3) is 0.250. The minimum Gasteiger partial charge on any atom is -0.443 e. The third-order valence-corrected chi connectivity index (χ3v) is 4.77. The Morgan fingerprint density at radius 3 is 2.38 bits per heavy atom. The van der Waals surface area contributed by atoms with Crippen LogP contribution in [0, 0.1) is 10.1 Å². The van der Waals surface area contributed by atoms with Crippen molar-refractivity contribution in [3.8, 4) is 11.4 Å². The summed E-state index contributed by atoms with van der Waals surface area (Å²) in [4.78, 5) is 39.3. The average Bonchev–Trinajstić information content (AvgIpc) is 3.16. The van der Waals surface area contributed by atoms with E-state index in [1.807, 2.05) is 0 Å². The number of aromatic nitrogens is 4. The first kappa shape index (κ1) is 22.9. The van der Waals surface area contributed by atoms with Gasteiger partial charge in [-0.3, -0.25) is 19.9 Å². The molecule has 3 aromatic rings. The molecule has 0 aliphatic carbocycles. The van der Waals surface area contributed by atoms with Crippen molar-refractivity contribution in [1.82, 2.24) is 19.7 Å². The Morgan fingerprint density at radius 2 is 1.78 bits per heavy atom. The molecule has 0 fully saturated rings. The number of carbonyl (C=O) groups excluding carboxylic acids is 2. The molecule has 0 spiro atoms. The van der Waals surface area contributed by atoms with Crippen LogP contribution in [-0.2, 0) is 9.53 Å². The highest BCUT2D eigenvalue weighted by Gasteiger charge is 2.26. The quantitative estimate of drug-likeness (QED) is 0.333. The van der Waals surface area contributed by atoms with Crippen LogP contribution in [0.4, 0.5) is 16.2 Å². The Morgan fingerprint density at radius 1 is 1.12 bits per heavy atom. The molecule has 3 rings (SSSR count). The molecular formula is C20H20N6O5S. The Balaban J connectivity index is 1.76. The van der Waals surface area contributed by atoms with E-state index in [4.69, 9.17) is 4.74 Å². The van der Waals surface area contributed by atoms with Crippen LogP contribution in [0.5, 0.6) is 0 Å². The largest absolute Gasteiger partial charge is 0.443 e. The molecular weight excluding hydrogens is 436 g/mol. The highest BCUT2D eigenvalue weighted by Crippen LogP contribution is 2.25. The zero-order valence-corrected chi connectivity index (χ0v) is 18.3. The van der Waals surface area contributed by atoms with Crippen LogP contribution in [0.15, 0.2) is 53.9 Å². The summed E-state index contributed by atoms with van der Waals surface area (Å²) < 4.78 is 6.69. The number of amides is 1. The van der Waals surface area contributed by atoms with Crippen molar-refractivity contribution in [3.05, 3.63) is 58.9 Å². The molecule has 0 aliphatic rings. The number of nitro groups is 1. The lowest BCUT2D eigenvalue weighted by Gasteiger charge is -2.20. The average molecular weight is 456 g/mol. The van der Waals surface area contributed by atoms with Crippen molar-refractivity contribution in [1.29, 1.82) is 0 Å². The predicted octanol–water partition coefficient (Wildman–Crippen LogP) is 3.76. The maximum Gasteiger partial charge on any atom is 0.422 e. The standard InChI is InChI=1S/C20H20N6O5S/c1-20(2,3)31-19(28)25-17(13-8-10-21-11-9-13)23-24-18(25)32-12-16(27)22-14-4-6-15(7-5-14)26(29)30/h4-11H,12H2,1-3H3,(H,22,27). The summed E-state index contributed by atoms with van der Waals surface area (Å²) in [6.45, 7) is 5.23. The Hall–Kier alpha value is -3.80. The number of nitro benzene ring substituents is 1. The summed E-state index contributed by atoms with van der Waals surface area (Å²) >= 11 is 1.00. The molecule has 0 bridgehead atoms. The number of hydrogen-bond acceptors (Lipinski definition) is 9. The molecule has 0 atom stereocenters. The van der Waals surface area contributed by atoms with Gasteiger partial charge in [0.15, 0.2) is 5.82 Å². The molecule has 1 amide bonds. The normalized spacial score (nSPS) is 11.1. The smallest absolute Gasteiger partial charge is 0.422 e. The van der Waals surface area contributed by atoms with Crippen molar-refractivity contribution in [2.75, 3.05) is 11.1 Å². The zero-order chi connectivity index (χ0) is 23.3. The number of pyridine rings is 1. The van der Waals surface area contributed by atoms with E-state index in [1.54, 1.807) is 45.3 Å². The number of nitrogens with one attached hydrogen (secondary N) is 1. The second-order valence-corrected chi connectivity index (χ2v) is 8.44. The summed E-state index contributed by atoms with van der Waals surface area (Å²) in [5.74, 6) is -0.193. The lowest BCUT2D eigenvalue weighted by atomic mass is 10.2. The number of thioether (sulfide) groups is 1. The number of benzene rings is 1. The summed E-state index contributed by atoms with van der Waals surface area (Å²) in [5.41, 5.74) is 0.200. The van der Waals surface area contributed by atoms with Gasteiger partial charge in [-0.25, -0.2) is 9.36 Å². The first-order chi connectivity index (χ1) is 15.1. The fourth-order valence-electron chi connectivity index (χ4n) is 2.52. The molecule has 1 N–H and O–H groups in total. The molecule has 0 unspecified atom stereocenters. The van der Waals surface area contributed by atoms with Crippen LogP contribution in [-0.4, -0.2) is 48.0 Å². The van der Waals surface area contributed by atoms with Crippen LogP contribution in [0.3, 0.4) is 0 Å². The Labute approximate surface area is 187 Å². The minimum absolute atomic E-state index is 0.0751. The van der Waals surface area contributed by atoms with Crippen LogP contribution in [0.1, 0.15) is 20.8 Å². The van der Waals surface area contributed by atoms with Crippen LogP contribution < -0.4 is 5.32 Å². The van der Waals surface area contributed by atoms with Crippen LogP contribution >= 0.6 is 11.8 Å². The Bertz CT molecular complexity index is 1130. The summed E-state index contributed by atoms with van der Waals surface area (Å²) in [6, 6.07) is 8.82. The maximum atomic E-state index is 12.8. The van der Waals surface area contributed by atoms with Gasteiger partial charge in [0.25, 0.3) is 5.69 Å². The van der Waals surface area contributed by atoms with E-state index in [-0.39, 0.29) is 28.3 Å². The lowest BCUT2D eigenvalue weighted by molar-refractivity contribution is -0.384. The number of carbonyl (C=O) groups is 2. The molecule has 2 aromatic heterocycles. The summed E-state index contributed by atoms with van der Waals surface area (Å²) in [6.07, 6.45) is 2.45. The molecule has 0 radical (unpaired) electrons. The van der Waals surface area contributed by atoms with Gasteiger partial charge in [0, 0.05) is 35.8 Å². The maximum absolute atomic E-state index is 12.8. The van der Waals surface area contributed by atoms with Gasteiger partial charge < -0.3 is 10.1 Å². The van der Waals surface area contributed by atoms with Gasteiger partial charge in [-0.05, 0) is 45.0 Å². The van der Waals surface area contributed by atoms with Crippen LogP contribution in [0.2, 0.25) is 0 Å². The van der Waals surface area contributed by atoms with Crippen molar-refractivity contribution >= 4 is 35.1 Å². The second-order valence-electron chi connectivity index (χ2n) is 7.50. The molecule has 166 valence electrons. The van der Waals surface area contributed by atoms with Gasteiger partial charge >= 0.3 is 6.09 Å². The molecule has 0 saturated heterocycles. The second kappa shape index (κ2) is 9.56. The first-order valence-corrected chi connectivity index (χ1v) is 10.4. The van der Waals surface area contributed by atoms with Gasteiger partial charge in [-0.2, -0.15) is 0 Å².